The van der Waals surface area contributed by atoms with Crippen molar-refractivity contribution in [3.8, 4) is 11.5 Å². The third kappa shape index (κ3) is 4.94. The lowest BCUT2D eigenvalue weighted by Gasteiger charge is -2.10. The highest BCUT2D eigenvalue weighted by Gasteiger charge is 2.09. The van der Waals surface area contributed by atoms with E-state index < -0.39 is 0 Å². The van der Waals surface area contributed by atoms with Crippen molar-refractivity contribution < 1.29 is 9.47 Å². The molecule has 0 aliphatic carbocycles. The van der Waals surface area contributed by atoms with E-state index in [1.165, 1.54) is 0 Å². The molecule has 0 bridgehead atoms. The number of nitrogens with zero attached hydrogens (tertiary/aromatic N) is 1. The van der Waals surface area contributed by atoms with Crippen LogP contribution in [0, 0.1) is 0 Å². The molecule has 0 saturated carbocycles. The fraction of sp³-hybridized carbons (Fsp3) is 0.125. The summed E-state index contributed by atoms with van der Waals surface area (Å²) in [6, 6.07) is 13.3. The zero-order valence-electron chi connectivity index (χ0n) is 12.7. The van der Waals surface area contributed by atoms with E-state index in [4.69, 9.17) is 21.7 Å². The summed E-state index contributed by atoms with van der Waals surface area (Å²) in [7, 11) is 3.17. The highest BCUT2D eigenvalue weighted by Crippen LogP contribution is 2.35. The largest absolute Gasteiger partial charge is 0.493 e. The molecule has 2 N–H and O–H groups in total. The van der Waals surface area contributed by atoms with E-state index in [1.54, 1.807) is 20.4 Å². The summed E-state index contributed by atoms with van der Waals surface area (Å²) in [5.74, 6) is 1.26. The molecule has 0 radical (unpaired) electrons. The molecule has 0 unspecified atom stereocenters. The third-order valence-corrected chi connectivity index (χ3v) is 3.65. The Morgan fingerprint density at radius 3 is 2.57 bits per heavy atom. The number of methoxy groups -OCH3 is 2. The molecule has 0 aliphatic heterocycles. The summed E-state index contributed by atoms with van der Waals surface area (Å²) in [5, 5.41) is 7.56. The zero-order valence-corrected chi connectivity index (χ0v) is 15.1. The number of hydrogen-bond acceptors (Lipinski definition) is 4. The van der Waals surface area contributed by atoms with Crippen LogP contribution in [0.5, 0.6) is 11.5 Å². The molecule has 0 amide bonds. The number of ether oxygens (including phenoxy) is 2. The Morgan fingerprint density at radius 1 is 1.17 bits per heavy atom. The molecule has 2 aromatic rings. The van der Waals surface area contributed by atoms with Crippen LogP contribution in [0.2, 0.25) is 0 Å². The SMILES string of the molecule is COc1cc(/C=N\NC(=S)Nc2ccccc2)cc(Br)c1OC. The van der Waals surface area contributed by atoms with Gasteiger partial charge < -0.3 is 14.8 Å². The number of anilines is 1. The molecule has 0 aliphatic rings. The number of hydrogen-bond donors (Lipinski definition) is 2. The maximum absolute atomic E-state index is 5.29. The van der Waals surface area contributed by atoms with Gasteiger partial charge in [0, 0.05) is 5.69 Å². The molecule has 0 fully saturated rings. The molecular formula is C16H16BrN3O2S. The number of rotatable bonds is 5. The second kappa shape index (κ2) is 8.50. The fourth-order valence-corrected chi connectivity index (χ4v) is 2.65. The summed E-state index contributed by atoms with van der Waals surface area (Å²) in [4.78, 5) is 0. The van der Waals surface area contributed by atoms with Gasteiger partial charge in [0.05, 0.1) is 24.9 Å². The standard InChI is InChI=1S/C16H16BrN3O2S/c1-21-14-9-11(8-13(17)15(14)22-2)10-18-20-16(23)19-12-6-4-3-5-7-12/h3-10H,1-2H3,(H2,19,20,23)/b18-10-. The molecule has 0 saturated heterocycles. The monoisotopic (exact) mass is 393 g/mol. The van der Waals surface area contributed by atoms with Crippen molar-refractivity contribution >= 4 is 45.2 Å². The first-order valence-corrected chi connectivity index (χ1v) is 7.90. The minimum atomic E-state index is 0.409. The lowest BCUT2D eigenvalue weighted by molar-refractivity contribution is 0.353. The number of thiocarbonyl (C=S) groups is 1. The Bertz CT molecular complexity index is 708. The average molecular weight is 394 g/mol. The van der Waals surface area contributed by atoms with Crippen molar-refractivity contribution in [2.75, 3.05) is 19.5 Å². The quantitative estimate of drug-likeness (QED) is 0.459. The van der Waals surface area contributed by atoms with Gasteiger partial charge >= 0.3 is 0 Å². The molecular weight excluding hydrogens is 378 g/mol. The van der Waals surface area contributed by atoms with Gasteiger partial charge in [0.25, 0.3) is 0 Å². The van der Waals surface area contributed by atoms with Gasteiger partial charge in [-0.05, 0) is 58.0 Å². The normalized spacial score (nSPS) is 10.4. The lowest BCUT2D eigenvalue weighted by Crippen LogP contribution is -2.23. The lowest BCUT2D eigenvalue weighted by atomic mass is 10.2. The van der Waals surface area contributed by atoms with Crippen molar-refractivity contribution in [3.05, 3.63) is 52.5 Å². The van der Waals surface area contributed by atoms with E-state index in [0.717, 1.165) is 15.7 Å². The summed E-state index contributed by atoms with van der Waals surface area (Å²) >= 11 is 8.61. The zero-order chi connectivity index (χ0) is 16.7. The summed E-state index contributed by atoms with van der Waals surface area (Å²) in [5.41, 5.74) is 4.50. The number of benzene rings is 2. The van der Waals surface area contributed by atoms with Crippen molar-refractivity contribution in [2.45, 2.75) is 0 Å². The van der Waals surface area contributed by atoms with E-state index in [2.05, 4.69) is 31.8 Å². The first-order valence-electron chi connectivity index (χ1n) is 6.70. The van der Waals surface area contributed by atoms with Crippen LogP contribution in [-0.2, 0) is 0 Å². The van der Waals surface area contributed by atoms with Crippen molar-refractivity contribution in [1.29, 1.82) is 0 Å². The molecule has 2 rings (SSSR count). The molecule has 2 aromatic carbocycles. The molecule has 120 valence electrons. The topological polar surface area (TPSA) is 54.9 Å². The van der Waals surface area contributed by atoms with Gasteiger partial charge in [-0.1, -0.05) is 18.2 Å². The highest BCUT2D eigenvalue weighted by molar-refractivity contribution is 9.10. The Hall–Kier alpha value is -2.12. The molecule has 7 heteroatoms. The second-order valence-corrected chi connectivity index (χ2v) is 5.69. The first-order chi connectivity index (χ1) is 11.1. The van der Waals surface area contributed by atoms with Crippen LogP contribution in [0.15, 0.2) is 52.0 Å². The predicted octanol–water partition coefficient (Wildman–Crippen LogP) is 3.79. The number of nitrogens with one attached hydrogen (secondary N) is 2. The first kappa shape index (κ1) is 17.2. The van der Waals surface area contributed by atoms with Gasteiger partial charge in [-0.3, -0.25) is 5.43 Å². The smallest absolute Gasteiger partial charge is 0.191 e. The maximum Gasteiger partial charge on any atom is 0.191 e. The Balaban J connectivity index is 2.00. The molecule has 0 heterocycles. The van der Waals surface area contributed by atoms with Crippen LogP contribution in [0.4, 0.5) is 5.69 Å². The van der Waals surface area contributed by atoms with E-state index in [1.807, 2.05) is 42.5 Å². The summed E-state index contributed by atoms with van der Waals surface area (Å²) in [6.07, 6.45) is 1.64. The summed E-state index contributed by atoms with van der Waals surface area (Å²) in [6.45, 7) is 0. The van der Waals surface area contributed by atoms with Gasteiger partial charge in [0.1, 0.15) is 0 Å². The maximum atomic E-state index is 5.29. The molecule has 0 aromatic heterocycles. The van der Waals surface area contributed by atoms with E-state index in [-0.39, 0.29) is 0 Å². The third-order valence-electron chi connectivity index (χ3n) is 2.87. The minimum Gasteiger partial charge on any atom is -0.493 e. The molecule has 5 nitrogen and oxygen atoms in total. The molecule has 0 atom stereocenters. The van der Waals surface area contributed by atoms with Crippen molar-refractivity contribution in [1.82, 2.24) is 5.43 Å². The Labute approximate surface area is 148 Å². The summed E-state index contributed by atoms with van der Waals surface area (Å²) < 4.78 is 11.3. The van der Waals surface area contributed by atoms with Crippen LogP contribution in [0.25, 0.3) is 0 Å². The van der Waals surface area contributed by atoms with Gasteiger partial charge in [-0.2, -0.15) is 5.10 Å². The van der Waals surface area contributed by atoms with Crippen LogP contribution in [-0.4, -0.2) is 25.5 Å². The van der Waals surface area contributed by atoms with Crippen molar-refractivity contribution in [2.24, 2.45) is 5.10 Å². The van der Waals surface area contributed by atoms with Gasteiger partial charge in [-0.15, -0.1) is 0 Å². The number of hydrazone groups is 1. The van der Waals surface area contributed by atoms with Gasteiger partial charge in [-0.25, -0.2) is 0 Å². The highest BCUT2D eigenvalue weighted by atomic mass is 79.9. The molecule has 23 heavy (non-hydrogen) atoms. The van der Waals surface area contributed by atoms with Gasteiger partial charge in [0.2, 0.25) is 0 Å². The number of para-hydroxylation sites is 1. The van der Waals surface area contributed by atoms with E-state index in [9.17, 15) is 0 Å². The second-order valence-electron chi connectivity index (χ2n) is 4.43. The van der Waals surface area contributed by atoms with E-state index >= 15 is 0 Å². The van der Waals surface area contributed by atoms with Crippen LogP contribution >= 0.6 is 28.1 Å². The number of halogens is 1. The predicted molar refractivity (Wildman–Crippen MR) is 101 cm³/mol. The Kier molecular flexibility index (Phi) is 6.37. The van der Waals surface area contributed by atoms with Crippen LogP contribution < -0.4 is 20.2 Å². The minimum absolute atomic E-state index is 0.409. The van der Waals surface area contributed by atoms with Gasteiger partial charge in [0.15, 0.2) is 16.6 Å². The van der Waals surface area contributed by atoms with Crippen molar-refractivity contribution in [3.63, 3.8) is 0 Å². The van der Waals surface area contributed by atoms with Crippen LogP contribution in [0.1, 0.15) is 5.56 Å². The average Bonchev–Trinajstić information content (AvgIpc) is 2.55. The Morgan fingerprint density at radius 2 is 1.91 bits per heavy atom. The van der Waals surface area contributed by atoms with Crippen LogP contribution in [0.3, 0.4) is 0 Å². The fourth-order valence-electron chi connectivity index (χ4n) is 1.86. The molecule has 0 spiro atoms. The van der Waals surface area contributed by atoms with E-state index in [0.29, 0.717) is 16.6 Å².